The minimum atomic E-state index is -0.148. The van der Waals surface area contributed by atoms with Gasteiger partial charge in [-0.1, -0.05) is 30.3 Å². The van der Waals surface area contributed by atoms with Crippen LogP contribution in [0.25, 0.3) is 11.4 Å². The molecule has 0 radical (unpaired) electrons. The number of fused-ring (bicyclic) bond motifs is 3. The van der Waals surface area contributed by atoms with Gasteiger partial charge in [0.1, 0.15) is 5.69 Å². The Balaban J connectivity index is 1.29. The van der Waals surface area contributed by atoms with E-state index in [-0.39, 0.29) is 17.2 Å². The smallest absolute Gasteiger partial charge is 0.274 e. The summed E-state index contributed by atoms with van der Waals surface area (Å²) in [5, 5.41) is 4.48. The molecule has 3 aliphatic rings. The average molecular weight is 443 g/mol. The fourth-order valence-corrected chi connectivity index (χ4v) is 5.54. The molecule has 2 amide bonds. The summed E-state index contributed by atoms with van der Waals surface area (Å²) >= 11 is 0. The van der Waals surface area contributed by atoms with Gasteiger partial charge in [0.15, 0.2) is 11.5 Å². The van der Waals surface area contributed by atoms with Gasteiger partial charge in [-0.25, -0.2) is 9.97 Å². The molecule has 1 fully saturated rings. The highest BCUT2D eigenvalue weighted by Gasteiger charge is 2.45. The van der Waals surface area contributed by atoms with Crippen molar-refractivity contribution in [1.82, 2.24) is 29.5 Å². The van der Waals surface area contributed by atoms with E-state index in [1.165, 1.54) is 5.56 Å². The van der Waals surface area contributed by atoms with Crippen LogP contribution in [0.15, 0.2) is 42.6 Å². The number of carbonyl (C=O) groups is 2. The zero-order valence-electron chi connectivity index (χ0n) is 18.7. The Morgan fingerprint density at radius 1 is 1.09 bits per heavy atom. The number of benzene rings is 1. The predicted molar refractivity (Wildman–Crippen MR) is 122 cm³/mol. The number of piperidine rings is 1. The van der Waals surface area contributed by atoms with Crippen molar-refractivity contribution < 1.29 is 9.59 Å². The lowest BCUT2D eigenvalue weighted by atomic mass is 9.77. The Hall–Kier alpha value is -3.55. The van der Waals surface area contributed by atoms with E-state index in [0.29, 0.717) is 37.6 Å². The maximum atomic E-state index is 13.4. The molecule has 1 atom stereocenters. The number of rotatable bonds is 2. The van der Waals surface area contributed by atoms with Gasteiger partial charge in [0.25, 0.3) is 11.8 Å². The van der Waals surface area contributed by atoms with Crippen LogP contribution in [0.5, 0.6) is 0 Å². The second kappa shape index (κ2) is 7.50. The minimum absolute atomic E-state index is 0.0854. The third kappa shape index (κ3) is 3.23. The fourth-order valence-electron chi connectivity index (χ4n) is 5.54. The molecular formula is C25H26N6O2. The number of carbonyl (C=O) groups excluding carboxylic acids is 2. The summed E-state index contributed by atoms with van der Waals surface area (Å²) in [6.07, 6.45) is 5.81. The summed E-state index contributed by atoms with van der Waals surface area (Å²) in [6.45, 7) is 2.54. The number of aromatic nitrogens is 4. The third-order valence-electron chi connectivity index (χ3n) is 7.35. The lowest BCUT2D eigenvalue weighted by Crippen LogP contribution is -2.48. The summed E-state index contributed by atoms with van der Waals surface area (Å²) in [7, 11) is 1.78. The minimum Gasteiger partial charge on any atom is -0.339 e. The van der Waals surface area contributed by atoms with Crippen molar-refractivity contribution in [2.24, 2.45) is 0 Å². The number of nitrogens with zero attached hydrogens (tertiary/aromatic N) is 6. The van der Waals surface area contributed by atoms with Crippen LogP contribution in [0.4, 0.5) is 0 Å². The number of aryl methyl sites for hydroxylation is 1. The van der Waals surface area contributed by atoms with Gasteiger partial charge >= 0.3 is 0 Å². The predicted octanol–water partition coefficient (Wildman–Crippen LogP) is 2.55. The monoisotopic (exact) mass is 442 g/mol. The van der Waals surface area contributed by atoms with Crippen LogP contribution in [0.1, 0.15) is 51.5 Å². The van der Waals surface area contributed by atoms with Gasteiger partial charge in [0.2, 0.25) is 0 Å². The molecule has 3 aromatic rings. The first-order valence-corrected chi connectivity index (χ1v) is 11.6. The molecule has 2 aromatic heterocycles. The lowest BCUT2D eigenvalue weighted by Gasteiger charge is -2.40. The number of amides is 2. The quantitative estimate of drug-likeness (QED) is 0.609. The van der Waals surface area contributed by atoms with Gasteiger partial charge in [0, 0.05) is 49.9 Å². The maximum Gasteiger partial charge on any atom is 0.274 e. The zero-order chi connectivity index (χ0) is 22.6. The molecule has 1 aromatic carbocycles. The van der Waals surface area contributed by atoms with Crippen LogP contribution in [-0.4, -0.2) is 68.0 Å². The van der Waals surface area contributed by atoms with Crippen molar-refractivity contribution >= 4 is 11.8 Å². The highest BCUT2D eigenvalue weighted by molar-refractivity contribution is 5.98. The molecule has 4 heterocycles. The topological polar surface area (TPSA) is 84.2 Å². The van der Waals surface area contributed by atoms with Crippen molar-refractivity contribution in [2.45, 2.75) is 37.6 Å². The van der Waals surface area contributed by atoms with E-state index in [0.717, 1.165) is 42.8 Å². The van der Waals surface area contributed by atoms with E-state index in [4.69, 9.17) is 4.98 Å². The first-order chi connectivity index (χ1) is 16.0. The molecule has 0 N–H and O–H groups in total. The average Bonchev–Trinajstić information content (AvgIpc) is 3.44. The first kappa shape index (κ1) is 20.1. The molecule has 1 aliphatic carbocycles. The second-order valence-electron chi connectivity index (χ2n) is 9.41. The Labute approximate surface area is 192 Å². The van der Waals surface area contributed by atoms with E-state index in [2.05, 4.69) is 10.1 Å². The van der Waals surface area contributed by atoms with Gasteiger partial charge in [-0.2, -0.15) is 5.10 Å². The Morgan fingerprint density at radius 3 is 2.79 bits per heavy atom. The van der Waals surface area contributed by atoms with Crippen LogP contribution in [0.2, 0.25) is 0 Å². The Bertz CT molecular complexity index is 1250. The molecule has 0 saturated carbocycles. The van der Waals surface area contributed by atoms with Crippen LogP contribution < -0.4 is 0 Å². The summed E-state index contributed by atoms with van der Waals surface area (Å²) in [4.78, 5) is 39.1. The van der Waals surface area contributed by atoms with E-state index in [9.17, 15) is 9.59 Å². The molecule has 33 heavy (non-hydrogen) atoms. The van der Waals surface area contributed by atoms with Gasteiger partial charge in [-0.05, 0) is 31.2 Å². The normalized spacial score (nSPS) is 21.9. The number of hydrogen-bond acceptors (Lipinski definition) is 5. The molecular weight excluding hydrogens is 416 g/mol. The van der Waals surface area contributed by atoms with Crippen LogP contribution in [-0.2, 0) is 18.4 Å². The van der Waals surface area contributed by atoms with Crippen molar-refractivity contribution in [1.29, 1.82) is 0 Å². The standard InChI is InChI=1S/C25H26N6O2/c1-29-12-13-31-20(24(29)33)14-19(28-31)23(32)30-11-5-9-25(16-30)10-8-18-15-26-22(27-21(18)25)17-6-3-2-4-7-17/h2-4,6-7,14-15H,5,8-13,16H2,1H3. The Morgan fingerprint density at radius 2 is 1.94 bits per heavy atom. The fraction of sp³-hybridized carbons (Fsp3) is 0.400. The van der Waals surface area contributed by atoms with Gasteiger partial charge in [-0.3, -0.25) is 14.3 Å². The molecule has 6 rings (SSSR count). The van der Waals surface area contributed by atoms with Crippen LogP contribution >= 0.6 is 0 Å². The maximum absolute atomic E-state index is 13.4. The zero-order valence-corrected chi connectivity index (χ0v) is 18.7. The lowest BCUT2D eigenvalue weighted by molar-refractivity contribution is 0.0625. The van der Waals surface area contributed by atoms with Crippen LogP contribution in [0.3, 0.4) is 0 Å². The van der Waals surface area contributed by atoms with Crippen molar-refractivity contribution in [3.05, 3.63) is 65.2 Å². The summed E-state index contributed by atoms with van der Waals surface area (Å²) in [5.74, 6) is 0.554. The largest absolute Gasteiger partial charge is 0.339 e. The van der Waals surface area contributed by atoms with Crippen molar-refractivity contribution in [2.75, 3.05) is 26.7 Å². The van der Waals surface area contributed by atoms with E-state index < -0.39 is 0 Å². The second-order valence-corrected chi connectivity index (χ2v) is 9.41. The van der Waals surface area contributed by atoms with Crippen molar-refractivity contribution in [3.8, 4) is 11.4 Å². The molecule has 2 aliphatic heterocycles. The number of hydrogen-bond donors (Lipinski definition) is 0. The molecule has 168 valence electrons. The van der Waals surface area contributed by atoms with Crippen LogP contribution in [0, 0.1) is 0 Å². The molecule has 8 heteroatoms. The molecule has 1 spiro atoms. The molecule has 1 unspecified atom stereocenters. The number of likely N-dealkylation sites (tertiary alicyclic amines) is 1. The molecule has 8 nitrogen and oxygen atoms in total. The summed E-state index contributed by atoms with van der Waals surface area (Å²) in [6, 6.07) is 11.7. The Kier molecular flexibility index (Phi) is 4.57. The van der Waals surface area contributed by atoms with Gasteiger partial charge < -0.3 is 9.80 Å². The summed E-state index contributed by atoms with van der Waals surface area (Å²) in [5.41, 5.74) is 3.99. The first-order valence-electron chi connectivity index (χ1n) is 11.6. The van der Waals surface area contributed by atoms with Gasteiger partial charge in [0.05, 0.1) is 12.2 Å². The van der Waals surface area contributed by atoms with Gasteiger partial charge in [-0.15, -0.1) is 0 Å². The van der Waals surface area contributed by atoms with E-state index >= 15 is 0 Å². The van der Waals surface area contributed by atoms with Crippen molar-refractivity contribution in [3.63, 3.8) is 0 Å². The third-order valence-corrected chi connectivity index (χ3v) is 7.35. The molecule has 1 saturated heterocycles. The highest BCUT2D eigenvalue weighted by Crippen LogP contribution is 2.44. The van der Waals surface area contributed by atoms with E-state index in [1.807, 2.05) is 41.4 Å². The number of likely N-dealkylation sites (N-methyl/N-ethyl adjacent to an activating group) is 1. The SMILES string of the molecule is CN1CCn2nc(C(=O)N3CCCC4(CCc5cnc(-c6ccccc6)nc54)C3)cc2C1=O. The van der Waals surface area contributed by atoms with E-state index in [1.54, 1.807) is 22.7 Å². The summed E-state index contributed by atoms with van der Waals surface area (Å²) < 4.78 is 1.67. The molecule has 0 bridgehead atoms. The highest BCUT2D eigenvalue weighted by atomic mass is 16.2.